The van der Waals surface area contributed by atoms with E-state index in [1.165, 1.54) is 44.8 Å². The molecule has 35 heavy (non-hydrogen) atoms. The Morgan fingerprint density at radius 3 is 2.34 bits per heavy atom. The standard InChI is InChI=1S/C25H26FN3O5S/c1-32-18-10-15(11-19(33-2)23(18)34-3)22(30)21-17-8-9-29(13-20(17)35-24(21)27)25(31)28-12-14-4-6-16(26)7-5-14/h4-7,10-11H,8-9,12-13,27H2,1-3H3,(H,28,31). The number of hydrogen-bond donors (Lipinski definition) is 2. The first-order chi connectivity index (χ1) is 16.9. The summed E-state index contributed by atoms with van der Waals surface area (Å²) in [5.41, 5.74) is 8.76. The number of urea groups is 1. The molecule has 0 aliphatic carbocycles. The van der Waals surface area contributed by atoms with Gasteiger partial charge in [0.15, 0.2) is 17.3 Å². The number of ether oxygens (including phenoxy) is 3. The smallest absolute Gasteiger partial charge is 0.318 e. The van der Waals surface area contributed by atoms with Gasteiger partial charge in [0.05, 0.1) is 38.4 Å². The fraction of sp³-hybridized carbons (Fsp3) is 0.280. The highest BCUT2D eigenvalue weighted by molar-refractivity contribution is 7.16. The van der Waals surface area contributed by atoms with Gasteiger partial charge in [0.25, 0.3) is 0 Å². The Morgan fingerprint density at radius 2 is 1.74 bits per heavy atom. The minimum Gasteiger partial charge on any atom is -0.493 e. The largest absolute Gasteiger partial charge is 0.493 e. The third-order valence-corrected chi connectivity index (χ3v) is 6.93. The molecule has 10 heteroatoms. The van der Waals surface area contributed by atoms with Crippen LogP contribution in [0.4, 0.5) is 14.2 Å². The Labute approximate surface area is 206 Å². The van der Waals surface area contributed by atoms with Gasteiger partial charge in [0, 0.05) is 23.5 Å². The zero-order valence-corrected chi connectivity index (χ0v) is 20.5. The zero-order chi connectivity index (χ0) is 25.1. The minimum absolute atomic E-state index is 0.232. The highest BCUT2D eigenvalue weighted by Gasteiger charge is 2.30. The van der Waals surface area contributed by atoms with Crippen molar-refractivity contribution in [2.45, 2.75) is 19.5 Å². The van der Waals surface area contributed by atoms with Crippen LogP contribution in [0.15, 0.2) is 36.4 Å². The summed E-state index contributed by atoms with van der Waals surface area (Å²) in [6.45, 7) is 1.08. The van der Waals surface area contributed by atoms with Crippen molar-refractivity contribution >= 4 is 28.2 Å². The molecule has 0 atom stereocenters. The number of nitrogens with two attached hydrogens (primary N) is 1. The number of carbonyl (C=O) groups is 2. The van der Waals surface area contributed by atoms with E-state index in [0.29, 0.717) is 59.4 Å². The topological polar surface area (TPSA) is 103 Å². The number of halogens is 1. The van der Waals surface area contributed by atoms with Crippen LogP contribution in [0.5, 0.6) is 17.2 Å². The molecule has 2 heterocycles. The van der Waals surface area contributed by atoms with Crippen LogP contribution in [0.25, 0.3) is 0 Å². The number of anilines is 1. The molecule has 1 aliphatic heterocycles. The van der Waals surface area contributed by atoms with E-state index in [0.717, 1.165) is 16.0 Å². The average Bonchev–Trinajstić information content (AvgIpc) is 3.21. The average molecular weight is 500 g/mol. The molecule has 3 N–H and O–H groups in total. The molecule has 0 radical (unpaired) electrons. The van der Waals surface area contributed by atoms with Crippen molar-refractivity contribution in [1.82, 2.24) is 10.2 Å². The molecule has 8 nitrogen and oxygen atoms in total. The minimum atomic E-state index is -0.323. The normalized spacial score (nSPS) is 12.6. The lowest BCUT2D eigenvalue weighted by Gasteiger charge is -2.27. The molecule has 0 unspecified atom stereocenters. The molecule has 184 valence electrons. The summed E-state index contributed by atoms with van der Waals surface area (Å²) in [7, 11) is 4.47. The highest BCUT2D eigenvalue weighted by Crippen LogP contribution is 2.41. The fourth-order valence-electron chi connectivity index (χ4n) is 4.10. The first-order valence-corrected chi connectivity index (χ1v) is 11.7. The van der Waals surface area contributed by atoms with Crippen LogP contribution in [0.2, 0.25) is 0 Å². The second-order valence-electron chi connectivity index (χ2n) is 7.94. The summed E-state index contributed by atoms with van der Waals surface area (Å²) in [6, 6.07) is 8.95. The van der Waals surface area contributed by atoms with Gasteiger partial charge in [0.2, 0.25) is 5.75 Å². The van der Waals surface area contributed by atoms with Gasteiger partial charge >= 0.3 is 6.03 Å². The lowest BCUT2D eigenvalue weighted by atomic mass is 9.96. The van der Waals surface area contributed by atoms with Crippen molar-refractivity contribution in [3.63, 3.8) is 0 Å². The van der Waals surface area contributed by atoms with Crippen LogP contribution in [-0.4, -0.2) is 44.6 Å². The second kappa shape index (κ2) is 10.2. The summed E-state index contributed by atoms with van der Waals surface area (Å²) < 4.78 is 29.2. The number of benzene rings is 2. The Hall–Kier alpha value is -3.79. The summed E-state index contributed by atoms with van der Waals surface area (Å²) in [4.78, 5) is 28.7. The molecular weight excluding hydrogens is 473 g/mol. The predicted molar refractivity (Wildman–Crippen MR) is 131 cm³/mol. The van der Waals surface area contributed by atoms with Gasteiger partial charge in [-0.1, -0.05) is 12.1 Å². The van der Waals surface area contributed by atoms with Crippen LogP contribution in [0, 0.1) is 5.82 Å². The van der Waals surface area contributed by atoms with Gasteiger partial charge in [-0.25, -0.2) is 9.18 Å². The summed E-state index contributed by atoms with van der Waals surface area (Å²) in [5.74, 6) is 0.585. The van der Waals surface area contributed by atoms with Gasteiger partial charge in [-0.15, -0.1) is 11.3 Å². The molecule has 1 aromatic heterocycles. The molecule has 0 saturated carbocycles. The van der Waals surface area contributed by atoms with E-state index in [-0.39, 0.29) is 17.6 Å². The van der Waals surface area contributed by atoms with Crippen molar-refractivity contribution in [1.29, 1.82) is 0 Å². The van der Waals surface area contributed by atoms with Crippen LogP contribution in [-0.2, 0) is 19.5 Å². The van der Waals surface area contributed by atoms with E-state index >= 15 is 0 Å². The van der Waals surface area contributed by atoms with Gasteiger partial charge < -0.3 is 30.2 Å². The zero-order valence-electron chi connectivity index (χ0n) is 19.6. The lowest BCUT2D eigenvalue weighted by molar-refractivity contribution is 0.103. The number of hydrogen-bond acceptors (Lipinski definition) is 7. The van der Waals surface area contributed by atoms with Crippen molar-refractivity contribution in [3.8, 4) is 17.2 Å². The van der Waals surface area contributed by atoms with Crippen molar-refractivity contribution in [2.75, 3.05) is 33.6 Å². The van der Waals surface area contributed by atoms with E-state index in [4.69, 9.17) is 19.9 Å². The monoisotopic (exact) mass is 499 g/mol. The molecule has 2 aromatic carbocycles. The molecule has 4 rings (SSSR count). The number of amides is 2. The first kappa shape index (κ1) is 24.3. The Kier molecular flexibility index (Phi) is 7.11. The maximum absolute atomic E-state index is 13.5. The molecule has 0 fully saturated rings. The van der Waals surface area contributed by atoms with Crippen LogP contribution in [0.1, 0.15) is 31.9 Å². The highest BCUT2D eigenvalue weighted by atomic mass is 32.1. The Morgan fingerprint density at radius 1 is 1.09 bits per heavy atom. The van der Waals surface area contributed by atoms with Gasteiger partial charge in [-0.2, -0.15) is 0 Å². The Bertz CT molecular complexity index is 1230. The van der Waals surface area contributed by atoms with Crippen molar-refractivity contribution in [2.24, 2.45) is 0 Å². The van der Waals surface area contributed by atoms with Crippen LogP contribution >= 0.6 is 11.3 Å². The molecule has 3 aromatic rings. The van der Waals surface area contributed by atoms with E-state index in [2.05, 4.69) is 5.32 Å². The van der Waals surface area contributed by atoms with Crippen LogP contribution in [0.3, 0.4) is 0 Å². The molecule has 0 spiro atoms. The maximum Gasteiger partial charge on any atom is 0.318 e. The number of nitrogens with zero attached hydrogens (tertiary/aromatic N) is 1. The predicted octanol–water partition coefficient (Wildman–Crippen LogP) is 3.99. The van der Waals surface area contributed by atoms with Gasteiger partial charge in [0.1, 0.15) is 5.82 Å². The van der Waals surface area contributed by atoms with E-state index in [1.807, 2.05) is 0 Å². The number of fused-ring (bicyclic) bond motifs is 1. The number of nitrogens with one attached hydrogen (secondary N) is 1. The molecular formula is C25H26FN3O5S. The fourth-order valence-corrected chi connectivity index (χ4v) is 5.23. The molecule has 0 saturated heterocycles. The summed E-state index contributed by atoms with van der Waals surface area (Å²) in [6.07, 6.45) is 0.499. The quantitative estimate of drug-likeness (QED) is 0.477. The summed E-state index contributed by atoms with van der Waals surface area (Å²) in [5, 5.41) is 3.26. The number of methoxy groups -OCH3 is 3. The number of carbonyl (C=O) groups excluding carboxylic acids is 2. The number of nitrogen functional groups attached to an aromatic ring is 1. The number of thiophene rings is 1. The van der Waals surface area contributed by atoms with Crippen molar-refractivity contribution in [3.05, 3.63) is 69.3 Å². The third kappa shape index (κ3) is 4.88. The van der Waals surface area contributed by atoms with E-state index in [9.17, 15) is 14.0 Å². The number of ketones is 1. The maximum atomic E-state index is 13.5. The summed E-state index contributed by atoms with van der Waals surface area (Å²) >= 11 is 1.31. The molecule has 2 amide bonds. The number of rotatable bonds is 7. The lowest BCUT2D eigenvalue weighted by Crippen LogP contribution is -2.42. The van der Waals surface area contributed by atoms with Gasteiger partial charge in [-0.05, 0) is 41.8 Å². The van der Waals surface area contributed by atoms with Crippen LogP contribution < -0.4 is 25.3 Å². The molecule has 1 aliphatic rings. The second-order valence-corrected chi connectivity index (χ2v) is 9.08. The third-order valence-electron chi connectivity index (χ3n) is 5.88. The van der Waals surface area contributed by atoms with Gasteiger partial charge in [-0.3, -0.25) is 4.79 Å². The van der Waals surface area contributed by atoms with E-state index in [1.54, 1.807) is 29.2 Å². The van der Waals surface area contributed by atoms with Crippen molar-refractivity contribution < 1.29 is 28.2 Å². The molecule has 0 bridgehead atoms. The first-order valence-electron chi connectivity index (χ1n) is 10.9. The SMILES string of the molecule is COc1cc(C(=O)c2c(N)sc3c2CCN(C(=O)NCc2ccc(F)cc2)C3)cc(OC)c1OC. The Balaban J connectivity index is 1.52. The van der Waals surface area contributed by atoms with E-state index < -0.39 is 0 Å².